The zero-order valence-corrected chi connectivity index (χ0v) is 12.7. The normalized spacial score (nSPS) is 35.5. The fourth-order valence-corrected chi connectivity index (χ4v) is 3.99. The van der Waals surface area contributed by atoms with E-state index in [1.165, 1.54) is 0 Å². The number of rotatable bonds is 3. The quantitative estimate of drug-likeness (QED) is 0.853. The summed E-state index contributed by atoms with van der Waals surface area (Å²) in [6, 6.07) is -0.392. The van der Waals surface area contributed by atoms with Crippen LogP contribution in [0, 0.1) is 16.7 Å². The minimum atomic E-state index is -0.290. The van der Waals surface area contributed by atoms with Gasteiger partial charge in [-0.1, -0.05) is 20.8 Å². The number of fused-ring (bicyclic) bond motifs is 2. The van der Waals surface area contributed by atoms with Gasteiger partial charge in [0.25, 0.3) is 0 Å². The largest absolute Gasteiger partial charge is 0.328 e. The molecule has 2 aliphatic rings. The molecule has 3 unspecified atom stereocenters. The topological polar surface area (TPSA) is 49.4 Å². The molecule has 0 spiro atoms. The fraction of sp³-hybridized carbons (Fsp3) is 0.867. The second-order valence-corrected chi connectivity index (χ2v) is 6.66. The Bertz CT molecular complexity index is 401. The van der Waals surface area contributed by atoms with Crippen molar-refractivity contribution in [3.05, 3.63) is 0 Å². The average Bonchev–Trinajstić information content (AvgIpc) is 2.65. The minimum Gasteiger partial charge on any atom is -0.328 e. The number of carbonyl (C=O) groups excluding carboxylic acids is 2. The minimum absolute atomic E-state index is 0.00864. The number of amides is 2. The first-order valence-corrected chi connectivity index (χ1v) is 7.39. The Morgan fingerprint density at radius 3 is 2.32 bits per heavy atom. The van der Waals surface area contributed by atoms with E-state index in [9.17, 15) is 9.59 Å². The summed E-state index contributed by atoms with van der Waals surface area (Å²) in [4.78, 5) is 26.5. The third kappa shape index (κ3) is 1.79. The molecule has 2 bridgehead atoms. The molecule has 2 aliphatic carbocycles. The number of hydrogen-bond acceptors (Lipinski definition) is 2. The van der Waals surface area contributed by atoms with E-state index in [4.69, 9.17) is 0 Å². The highest BCUT2D eigenvalue weighted by Gasteiger charge is 2.66. The van der Waals surface area contributed by atoms with Crippen molar-refractivity contribution in [2.24, 2.45) is 16.7 Å². The van der Waals surface area contributed by atoms with Gasteiger partial charge >= 0.3 is 6.03 Å². The third-order valence-electron chi connectivity index (χ3n) is 5.86. The zero-order valence-electron chi connectivity index (χ0n) is 12.7. The molecular formula is C15H26N2O2. The monoisotopic (exact) mass is 266 g/mol. The molecular weight excluding hydrogens is 240 g/mol. The molecule has 2 saturated carbocycles. The lowest BCUT2D eigenvalue weighted by molar-refractivity contribution is -0.129. The Morgan fingerprint density at radius 1 is 1.32 bits per heavy atom. The van der Waals surface area contributed by atoms with Gasteiger partial charge in [0.05, 0.1) is 6.04 Å². The van der Waals surface area contributed by atoms with E-state index in [1.807, 2.05) is 13.8 Å². The van der Waals surface area contributed by atoms with Crippen molar-refractivity contribution >= 4 is 11.8 Å². The fourth-order valence-electron chi connectivity index (χ4n) is 3.99. The van der Waals surface area contributed by atoms with Crippen LogP contribution < -0.4 is 5.32 Å². The van der Waals surface area contributed by atoms with Crippen LogP contribution in [0.1, 0.15) is 47.5 Å². The number of nitrogens with one attached hydrogen (secondary N) is 1. The molecule has 108 valence electrons. The Kier molecular flexibility index (Phi) is 3.40. The zero-order chi connectivity index (χ0) is 14.4. The van der Waals surface area contributed by atoms with Gasteiger partial charge in [-0.2, -0.15) is 0 Å². The van der Waals surface area contributed by atoms with Gasteiger partial charge in [0.15, 0.2) is 5.78 Å². The first-order chi connectivity index (χ1) is 8.79. The highest BCUT2D eigenvalue weighted by atomic mass is 16.2. The van der Waals surface area contributed by atoms with E-state index in [-0.39, 0.29) is 34.6 Å². The van der Waals surface area contributed by atoms with Gasteiger partial charge in [-0.3, -0.25) is 4.79 Å². The van der Waals surface area contributed by atoms with Crippen LogP contribution in [-0.2, 0) is 4.79 Å². The van der Waals surface area contributed by atoms with E-state index in [0.29, 0.717) is 13.1 Å². The molecule has 0 aromatic rings. The van der Waals surface area contributed by atoms with Gasteiger partial charge in [-0.25, -0.2) is 4.79 Å². The van der Waals surface area contributed by atoms with E-state index < -0.39 is 0 Å². The molecule has 2 rings (SSSR count). The van der Waals surface area contributed by atoms with Crippen LogP contribution in [0.3, 0.4) is 0 Å². The Balaban J connectivity index is 2.16. The molecule has 0 aromatic carbocycles. The van der Waals surface area contributed by atoms with Gasteiger partial charge in [-0.05, 0) is 38.0 Å². The molecule has 0 radical (unpaired) electrons. The van der Waals surface area contributed by atoms with Crippen molar-refractivity contribution in [3.63, 3.8) is 0 Å². The summed E-state index contributed by atoms with van der Waals surface area (Å²) < 4.78 is 0. The number of hydrogen-bond donors (Lipinski definition) is 1. The molecule has 19 heavy (non-hydrogen) atoms. The maximum absolute atomic E-state index is 12.6. The smallest absolute Gasteiger partial charge is 0.317 e. The van der Waals surface area contributed by atoms with Gasteiger partial charge < -0.3 is 10.2 Å². The lowest BCUT2D eigenvalue weighted by Crippen LogP contribution is -2.51. The molecule has 0 heterocycles. The number of carbonyl (C=O) groups is 2. The SMILES string of the molecule is CCN(CC)C(=O)NC1C(=O)C2(C)CCC1C2(C)C. The van der Waals surface area contributed by atoms with Crippen molar-refractivity contribution in [1.29, 1.82) is 0 Å². The summed E-state index contributed by atoms with van der Waals surface area (Å²) >= 11 is 0. The van der Waals surface area contributed by atoms with Crippen LogP contribution in [0.15, 0.2) is 0 Å². The molecule has 4 heteroatoms. The molecule has 0 aromatic heterocycles. The van der Waals surface area contributed by atoms with Crippen LogP contribution in [0.2, 0.25) is 0 Å². The molecule has 2 amide bonds. The summed E-state index contributed by atoms with van der Waals surface area (Å²) in [6.07, 6.45) is 2.00. The molecule has 4 nitrogen and oxygen atoms in total. The van der Waals surface area contributed by atoms with Crippen LogP contribution in [0.25, 0.3) is 0 Å². The van der Waals surface area contributed by atoms with Crippen molar-refractivity contribution in [2.75, 3.05) is 13.1 Å². The summed E-state index contributed by atoms with van der Waals surface area (Å²) in [7, 11) is 0. The van der Waals surface area contributed by atoms with Gasteiger partial charge in [-0.15, -0.1) is 0 Å². The first kappa shape index (κ1) is 14.4. The molecule has 3 atom stereocenters. The van der Waals surface area contributed by atoms with Crippen LogP contribution >= 0.6 is 0 Å². The lowest BCUT2D eigenvalue weighted by atomic mass is 9.70. The lowest BCUT2D eigenvalue weighted by Gasteiger charge is -2.32. The van der Waals surface area contributed by atoms with Gasteiger partial charge in [0.2, 0.25) is 0 Å². The van der Waals surface area contributed by atoms with Crippen LogP contribution in [-0.4, -0.2) is 35.8 Å². The van der Waals surface area contributed by atoms with E-state index >= 15 is 0 Å². The maximum Gasteiger partial charge on any atom is 0.317 e. The highest BCUT2D eigenvalue weighted by molar-refractivity contribution is 5.96. The number of ketones is 1. The van der Waals surface area contributed by atoms with Crippen molar-refractivity contribution in [3.8, 4) is 0 Å². The first-order valence-electron chi connectivity index (χ1n) is 7.39. The Morgan fingerprint density at radius 2 is 1.89 bits per heavy atom. The van der Waals surface area contributed by atoms with E-state index in [2.05, 4.69) is 26.1 Å². The Labute approximate surface area is 115 Å². The van der Waals surface area contributed by atoms with Crippen LogP contribution in [0.5, 0.6) is 0 Å². The predicted molar refractivity (Wildman–Crippen MR) is 74.9 cm³/mol. The summed E-state index contributed by atoms with van der Waals surface area (Å²) in [5, 5.41) is 2.98. The van der Waals surface area contributed by atoms with Crippen LogP contribution in [0.4, 0.5) is 4.79 Å². The predicted octanol–water partition coefficient (Wildman–Crippen LogP) is 2.43. The molecule has 1 N–H and O–H groups in total. The Hall–Kier alpha value is -1.06. The molecule has 2 fully saturated rings. The number of Topliss-reactive ketones (excluding diaryl/α,β-unsaturated/α-hetero) is 1. The second kappa shape index (κ2) is 4.50. The summed E-state index contributed by atoms with van der Waals surface area (Å²) in [6.45, 7) is 11.7. The van der Waals surface area contributed by atoms with E-state index in [1.54, 1.807) is 4.90 Å². The van der Waals surface area contributed by atoms with Crippen molar-refractivity contribution in [1.82, 2.24) is 10.2 Å². The second-order valence-electron chi connectivity index (χ2n) is 6.66. The standard InChI is InChI=1S/C15H26N2O2/c1-6-17(7-2)13(19)16-11-10-8-9-15(5,12(11)18)14(10,3)4/h10-11H,6-9H2,1-5H3,(H,16,19). The number of nitrogens with zero attached hydrogens (tertiary/aromatic N) is 1. The van der Waals surface area contributed by atoms with Crippen molar-refractivity contribution < 1.29 is 9.59 Å². The van der Waals surface area contributed by atoms with Gasteiger partial charge in [0.1, 0.15) is 0 Å². The van der Waals surface area contributed by atoms with E-state index in [0.717, 1.165) is 12.8 Å². The maximum atomic E-state index is 12.6. The van der Waals surface area contributed by atoms with Gasteiger partial charge in [0, 0.05) is 18.5 Å². The molecule has 0 aliphatic heterocycles. The summed E-state index contributed by atoms with van der Waals surface area (Å²) in [5.41, 5.74) is -0.274. The average molecular weight is 266 g/mol. The highest BCUT2D eigenvalue weighted by Crippen LogP contribution is 2.63. The third-order valence-corrected chi connectivity index (χ3v) is 5.86. The molecule has 0 saturated heterocycles. The summed E-state index contributed by atoms with van der Waals surface area (Å²) in [5.74, 6) is 0.513. The van der Waals surface area contributed by atoms with Crippen molar-refractivity contribution in [2.45, 2.75) is 53.5 Å². The number of urea groups is 1.